The first-order chi connectivity index (χ1) is 22.4. The van der Waals surface area contributed by atoms with Crippen molar-refractivity contribution < 1.29 is 42.2 Å². The minimum Gasteiger partial charge on any atom is -0.486 e. The molecule has 262 valence electrons. The van der Waals surface area contributed by atoms with E-state index < -0.39 is 76.9 Å². The summed E-state index contributed by atoms with van der Waals surface area (Å²) < 4.78 is 44.9. The predicted octanol–water partition coefficient (Wildman–Crippen LogP) is 5.12. The van der Waals surface area contributed by atoms with Gasteiger partial charge in [-0.1, -0.05) is 51.1 Å². The molecule has 13 heteroatoms. The number of fused-ring (bicyclic) bond motifs is 1. The van der Waals surface area contributed by atoms with Crippen LogP contribution in [-0.2, 0) is 25.7 Å². The summed E-state index contributed by atoms with van der Waals surface area (Å²) >= 11 is 0. The lowest BCUT2D eigenvalue weighted by atomic mass is 9.85. The molecule has 2 aliphatic rings. The molecule has 2 aliphatic heterocycles. The molecule has 0 saturated carbocycles. The highest BCUT2D eigenvalue weighted by atomic mass is 19.2. The van der Waals surface area contributed by atoms with Gasteiger partial charge in [0.1, 0.15) is 36.1 Å². The number of likely N-dealkylation sites (tertiary alicyclic amines) is 2. The van der Waals surface area contributed by atoms with Crippen LogP contribution in [0.25, 0.3) is 0 Å². The Bertz CT molecular complexity index is 1490. The Hall–Kier alpha value is -4.42. The van der Waals surface area contributed by atoms with E-state index in [1.807, 2.05) is 51.1 Å². The van der Waals surface area contributed by atoms with E-state index in [0.717, 1.165) is 22.6 Å². The highest BCUT2D eigenvalue weighted by molar-refractivity contribution is 5.92. The van der Waals surface area contributed by atoms with Gasteiger partial charge in [-0.05, 0) is 57.2 Å². The number of benzene rings is 2. The molecule has 0 bridgehead atoms. The number of nitrogens with one attached hydrogen (secondary N) is 1. The Kier molecular flexibility index (Phi) is 10.9. The SMILES string of the molecule is C[C@@H](C(=O)NC(C(=O)N1CC[C@@H]2[C@H]1[C@@H](Oc1ccc(F)c(F)c1)CN2C(=O)OC(C)(C)C)C(C)(C)C)N(C)C(=O)OCc1ccccc1. The first-order valence-corrected chi connectivity index (χ1v) is 16.0. The Morgan fingerprint density at radius 2 is 1.65 bits per heavy atom. The smallest absolute Gasteiger partial charge is 0.410 e. The van der Waals surface area contributed by atoms with Crippen molar-refractivity contribution in [1.29, 1.82) is 0 Å². The number of likely N-dealkylation sites (N-methyl/N-ethyl adjacent to an activating group) is 1. The first-order valence-electron chi connectivity index (χ1n) is 16.0. The normalized spacial score (nSPS) is 20.4. The van der Waals surface area contributed by atoms with Crippen molar-refractivity contribution in [2.75, 3.05) is 20.1 Å². The number of ether oxygens (including phenoxy) is 3. The minimum atomic E-state index is -1.09. The van der Waals surface area contributed by atoms with Crippen molar-refractivity contribution in [2.45, 2.75) is 97.4 Å². The van der Waals surface area contributed by atoms with Gasteiger partial charge in [0.2, 0.25) is 11.8 Å². The monoisotopic (exact) mass is 672 g/mol. The lowest BCUT2D eigenvalue weighted by Crippen LogP contribution is -2.60. The van der Waals surface area contributed by atoms with Gasteiger partial charge in [-0.3, -0.25) is 19.4 Å². The van der Waals surface area contributed by atoms with Gasteiger partial charge in [-0.2, -0.15) is 0 Å². The number of carbonyl (C=O) groups is 4. The number of rotatable bonds is 8. The molecular weight excluding hydrogens is 626 g/mol. The highest BCUT2D eigenvalue weighted by Gasteiger charge is 2.55. The predicted molar refractivity (Wildman–Crippen MR) is 173 cm³/mol. The molecule has 0 radical (unpaired) electrons. The van der Waals surface area contributed by atoms with Gasteiger partial charge in [0.25, 0.3) is 0 Å². The van der Waals surface area contributed by atoms with Gasteiger partial charge in [0, 0.05) is 19.7 Å². The number of carbonyl (C=O) groups excluding carboxylic acids is 4. The summed E-state index contributed by atoms with van der Waals surface area (Å²) in [5.74, 6) is -3.05. The van der Waals surface area contributed by atoms with Crippen LogP contribution < -0.4 is 10.1 Å². The molecule has 4 amide bonds. The van der Waals surface area contributed by atoms with E-state index in [1.165, 1.54) is 24.9 Å². The zero-order chi connectivity index (χ0) is 35.6. The molecule has 11 nitrogen and oxygen atoms in total. The standard InChI is InChI=1S/C35H46F2N4O7/c1-21(39(8)32(44)46-20-22-12-10-9-11-13-22)30(42)38-29(34(2,3)4)31(43)40-17-16-26-28(40)27(19-41(26)33(45)48-35(5,6)7)47-23-14-15-24(36)25(37)18-23/h9-15,18,21,26-29H,16-17,19-20H2,1-8H3,(H,38,42)/t21-,26+,27-,28-,29?/m0/s1. The molecule has 2 aromatic carbocycles. The fraction of sp³-hybridized carbons (Fsp3) is 0.543. The van der Waals surface area contributed by atoms with Crippen LogP contribution in [0.4, 0.5) is 18.4 Å². The van der Waals surface area contributed by atoms with Gasteiger partial charge in [-0.15, -0.1) is 0 Å². The summed E-state index contributed by atoms with van der Waals surface area (Å²) in [7, 11) is 1.45. The molecule has 1 unspecified atom stereocenters. The summed E-state index contributed by atoms with van der Waals surface area (Å²) in [5, 5.41) is 2.85. The van der Waals surface area contributed by atoms with Gasteiger partial charge >= 0.3 is 12.2 Å². The first kappa shape index (κ1) is 36.4. The maximum atomic E-state index is 14.4. The van der Waals surface area contributed by atoms with Crippen LogP contribution in [0.5, 0.6) is 5.75 Å². The van der Waals surface area contributed by atoms with Crippen LogP contribution in [0, 0.1) is 17.0 Å². The summed E-state index contributed by atoms with van der Waals surface area (Å²) in [4.78, 5) is 58.2. The zero-order valence-electron chi connectivity index (χ0n) is 28.8. The van der Waals surface area contributed by atoms with E-state index in [0.29, 0.717) is 6.42 Å². The van der Waals surface area contributed by atoms with Crippen LogP contribution in [0.2, 0.25) is 0 Å². The van der Waals surface area contributed by atoms with Gasteiger partial charge in [-0.25, -0.2) is 18.4 Å². The fourth-order valence-corrected chi connectivity index (χ4v) is 5.88. The molecule has 5 atom stereocenters. The third kappa shape index (κ3) is 8.53. The third-order valence-electron chi connectivity index (χ3n) is 8.52. The number of hydrogen-bond donors (Lipinski definition) is 1. The van der Waals surface area contributed by atoms with Crippen LogP contribution in [0.1, 0.15) is 60.5 Å². The van der Waals surface area contributed by atoms with Crippen molar-refractivity contribution >= 4 is 24.0 Å². The molecule has 1 N–H and O–H groups in total. The molecule has 2 saturated heterocycles. The van der Waals surface area contributed by atoms with Crippen molar-refractivity contribution in [3.8, 4) is 5.75 Å². The molecule has 48 heavy (non-hydrogen) atoms. The molecule has 0 aromatic heterocycles. The third-order valence-corrected chi connectivity index (χ3v) is 8.52. The average Bonchev–Trinajstić information content (AvgIpc) is 3.60. The highest BCUT2D eigenvalue weighted by Crippen LogP contribution is 2.37. The second-order valence-electron chi connectivity index (χ2n) is 14.4. The van der Waals surface area contributed by atoms with Gasteiger partial charge in [0.15, 0.2) is 11.6 Å². The molecule has 2 aromatic rings. The summed E-state index contributed by atoms with van der Waals surface area (Å²) in [6.07, 6.45) is -1.68. The van der Waals surface area contributed by atoms with E-state index in [2.05, 4.69) is 5.32 Å². The van der Waals surface area contributed by atoms with E-state index in [9.17, 15) is 28.0 Å². The molecule has 2 fully saturated rings. The second-order valence-corrected chi connectivity index (χ2v) is 14.4. The van der Waals surface area contributed by atoms with Crippen LogP contribution in [0.15, 0.2) is 48.5 Å². The summed E-state index contributed by atoms with van der Waals surface area (Å²) in [5.41, 5.74) is -0.752. The van der Waals surface area contributed by atoms with Crippen LogP contribution in [0.3, 0.4) is 0 Å². The zero-order valence-corrected chi connectivity index (χ0v) is 28.8. The summed E-state index contributed by atoms with van der Waals surface area (Å²) in [6, 6.07) is 9.12. The van der Waals surface area contributed by atoms with Crippen molar-refractivity contribution in [2.24, 2.45) is 5.41 Å². The number of amides is 4. The van der Waals surface area contributed by atoms with E-state index >= 15 is 0 Å². The largest absolute Gasteiger partial charge is 0.486 e. The molecule has 4 rings (SSSR count). The topological polar surface area (TPSA) is 118 Å². The molecule has 2 heterocycles. The van der Waals surface area contributed by atoms with Gasteiger partial charge in [0.05, 0.1) is 18.6 Å². The maximum absolute atomic E-state index is 14.4. The van der Waals surface area contributed by atoms with E-state index in [4.69, 9.17) is 14.2 Å². The molecular formula is C35H46F2N4O7. The average molecular weight is 673 g/mol. The molecule has 0 spiro atoms. The Morgan fingerprint density at radius 1 is 0.979 bits per heavy atom. The second kappa shape index (κ2) is 14.4. The molecule has 0 aliphatic carbocycles. The van der Waals surface area contributed by atoms with E-state index in [1.54, 1.807) is 25.7 Å². The van der Waals surface area contributed by atoms with Crippen molar-refractivity contribution in [3.05, 3.63) is 65.7 Å². The Morgan fingerprint density at radius 3 is 2.25 bits per heavy atom. The quantitative estimate of drug-likeness (QED) is 0.414. The Labute approximate surface area is 280 Å². The lowest BCUT2D eigenvalue weighted by Gasteiger charge is -2.37. The van der Waals surface area contributed by atoms with Crippen molar-refractivity contribution in [1.82, 2.24) is 20.0 Å². The number of nitrogens with zero attached hydrogens (tertiary/aromatic N) is 3. The number of hydrogen-bond acceptors (Lipinski definition) is 7. The minimum absolute atomic E-state index is 0.0342. The van der Waals surface area contributed by atoms with Crippen LogP contribution >= 0.6 is 0 Å². The maximum Gasteiger partial charge on any atom is 0.410 e. The lowest BCUT2D eigenvalue weighted by molar-refractivity contribution is -0.142. The summed E-state index contributed by atoms with van der Waals surface area (Å²) in [6.45, 7) is 12.5. The van der Waals surface area contributed by atoms with E-state index in [-0.39, 0.29) is 25.4 Å². The van der Waals surface area contributed by atoms with Crippen LogP contribution in [-0.4, -0.2) is 94.7 Å². The Balaban J connectivity index is 1.53. The van der Waals surface area contributed by atoms with Gasteiger partial charge < -0.3 is 24.4 Å². The van der Waals surface area contributed by atoms with Crippen molar-refractivity contribution in [3.63, 3.8) is 0 Å². The number of halogens is 2. The fourth-order valence-electron chi connectivity index (χ4n) is 5.88.